The standard InChI is InChI=1S/C23H28N2O5/c1-4-15-12-24-19-11-17(15)21(20(27)28-3,13-29-14(2)26)22-9-10-30-23(19,22)25-18-8-6-5-7-16(18)22/h4-8,17,19,24-25H,9-13H2,1-3H3. The van der Waals surface area contributed by atoms with E-state index in [1.165, 1.54) is 14.0 Å². The highest BCUT2D eigenvalue weighted by Crippen LogP contribution is 2.70. The highest BCUT2D eigenvalue weighted by atomic mass is 16.6. The average Bonchev–Trinajstić information content (AvgIpc) is 3.27. The molecule has 7 nitrogen and oxygen atoms in total. The average molecular weight is 412 g/mol. The Labute approximate surface area is 176 Å². The third-order valence-corrected chi connectivity index (χ3v) is 7.89. The van der Waals surface area contributed by atoms with E-state index in [4.69, 9.17) is 14.2 Å². The van der Waals surface area contributed by atoms with Crippen molar-refractivity contribution in [3.8, 4) is 0 Å². The number of hydrogen-bond donors (Lipinski definition) is 2. The third-order valence-electron chi connectivity index (χ3n) is 7.89. The van der Waals surface area contributed by atoms with Crippen LogP contribution in [0.25, 0.3) is 0 Å². The summed E-state index contributed by atoms with van der Waals surface area (Å²) < 4.78 is 17.6. The number of carbonyl (C=O) groups is 2. The summed E-state index contributed by atoms with van der Waals surface area (Å²) in [5, 5.41) is 7.32. The van der Waals surface area contributed by atoms with E-state index >= 15 is 0 Å². The second kappa shape index (κ2) is 6.56. The predicted octanol–water partition coefficient (Wildman–Crippen LogP) is 2.13. The fourth-order valence-electron chi connectivity index (χ4n) is 6.86. The number of benzene rings is 1. The molecule has 0 aromatic heterocycles. The van der Waals surface area contributed by atoms with Crippen LogP contribution in [0.1, 0.15) is 32.3 Å². The van der Waals surface area contributed by atoms with Crippen LogP contribution < -0.4 is 10.6 Å². The lowest BCUT2D eigenvalue weighted by molar-refractivity contribution is -0.197. The van der Waals surface area contributed by atoms with Gasteiger partial charge in [-0.15, -0.1) is 0 Å². The molecule has 1 aromatic rings. The molecule has 5 unspecified atom stereocenters. The van der Waals surface area contributed by atoms with Crippen molar-refractivity contribution in [1.82, 2.24) is 5.32 Å². The summed E-state index contributed by atoms with van der Waals surface area (Å²) in [6.45, 7) is 4.51. The van der Waals surface area contributed by atoms with Gasteiger partial charge in [-0.3, -0.25) is 9.59 Å². The van der Waals surface area contributed by atoms with Crippen LogP contribution in [0, 0.1) is 11.3 Å². The van der Waals surface area contributed by atoms with E-state index in [9.17, 15) is 9.59 Å². The Morgan fingerprint density at radius 2 is 2.13 bits per heavy atom. The van der Waals surface area contributed by atoms with Gasteiger partial charge in [0.1, 0.15) is 12.0 Å². The topological polar surface area (TPSA) is 85.9 Å². The second-order valence-electron chi connectivity index (χ2n) is 8.74. The number of ether oxygens (including phenoxy) is 3. The minimum Gasteiger partial charge on any atom is -0.468 e. The number of esters is 2. The van der Waals surface area contributed by atoms with Crippen molar-refractivity contribution in [3.05, 3.63) is 41.5 Å². The Balaban J connectivity index is 1.84. The summed E-state index contributed by atoms with van der Waals surface area (Å²) in [4.78, 5) is 25.7. The zero-order chi connectivity index (χ0) is 21.1. The largest absolute Gasteiger partial charge is 0.468 e. The smallest absolute Gasteiger partial charge is 0.317 e. The Morgan fingerprint density at radius 3 is 2.87 bits per heavy atom. The van der Waals surface area contributed by atoms with Crippen LogP contribution in [0.15, 0.2) is 35.9 Å². The van der Waals surface area contributed by atoms with E-state index in [1.54, 1.807) is 0 Å². The van der Waals surface area contributed by atoms with Gasteiger partial charge >= 0.3 is 11.9 Å². The summed E-state index contributed by atoms with van der Waals surface area (Å²) in [7, 11) is 1.42. The first-order chi connectivity index (χ1) is 14.5. The monoisotopic (exact) mass is 412 g/mol. The summed E-state index contributed by atoms with van der Waals surface area (Å²) >= 11 is 0. The van der Waals surface area contributed by atoms with Crippen LogP contribution in [-0.2, 0) is 29.2 Å². The van der Waals surface area contributed by atoms with Gasteiger partial charge in [-0.05, 0) is 31.4 Å². The summed E-state index contributed by atoms with van der Waals surface area (Å²) in [6, 6.07) is 8.08. The van der Waals surface area contributed by atoms with Gasteiger partial charge in [0.25, 0.3) is 0 Å². The number of fused-ring (bicyclic) bond motifs is 3. The third kappa shape index (κ3) is 2.07. The molecule has 2 bridgehead atoms. The van der Waals surface area contributed by atoms with Gasteiger partial charge in [0.15, 0.2) is 5.72 Å². The van der Waals surface area contributed by atoms with Gasteiger partial charge in [-0.2, -0.15) is 0 Å². The van der Waals surface area contributed by atoms with Gasteiger partial charge < -0.3 is 24.8 Å². The number of nitrogens with one attached hydrogen (secondary N) is 2. The van der Waals surface area contributed by atoms with Crippen LogP contribution >= 0.6 is 0 Å². The summed E-state index contributed by atoms with van der Waals surface area (Å²) in [6.07, 6.45) is 3.41. The molecule has 5 atom stereocenters. The molecule has 4 aliphatic rings. The number of hydrogen-bond acceptors (Lipinski definition) is 7. The van der Waals surface area contributed by atoms with Crippen molar-refractivity contribution >= 4 is 17.6 Å². The molecule has 1 aromatic carbocycles. The molecule has 1 aliphatic carbocycles. The molecule has 1 saturated carbocycles. The molecule has 5 rings (SSSR count). The van der Waals surface area contributed by atoms with Gasteiger partial charge in [0.2, 0.25) is 0 Å². The van der Waals surface area contributed by atoms with Crippen LogP contribution in [0.2, 0.25) is 0 Å². The minimum absolute atomic E-state index is 0.0104. The Bertz CT molecular complexity index is 945. The van der Waals surface area contributed by atoms with E-state index in [1.807, 2.05) is 25.1 Å². The van der Waals surface area contributed by atoms with Crippen molar-refractivity contribution < 1.29 is 23.8 Å². The first-order valence-corrected chi connectivity index (χ1v) is 10.6. The maximum atomic E-state index is 13.8. The minimum atomic E-state index is -1.09. The van der Waals surface area contributed by atoms with Crippen LogP contribution in [-0.4, -0.2) is 50.6 Å². The quantitative estimate of drug-likeness (QED) is 0.581. The van der Waals surface area contributed by atoms with Crippen LogP contribution in [0.4, 0.5) is 5.69 Å². The Kier molecular flexibility index (Phi) is 4.28. The normalized spacial score (nSPS) is 39.5. The number of allylic oxidation sites excluding steroid dienone is 1. The van der Waals surface area contributed by atoms with Crippen LogP contribution in [0.5, 0.6) is 0 Å². The molecule has 2 saturated heterocycles. The molecular weight excluding hydrogens is 384 g/mol. The first kappa shape index (κ1) is 19.6. The molecule has 2 N–H and O–H groups in total. The lowest BCUT2D eigenvalue weighted by atomic mass is 9.44. The summed E-state index contributed by atoms with van der Waals surface area (Å²) in [5.74, 6) is -0.873. The highest BCUT2D eigenvalue weighted by molar-refractivity contribution is 5.85. The van der Waals surface area contributed by atoms with E-state index in [-0.39, 0.29) is 24.5 Å². The predicted molar refractivity (Wildman–Crippen MR) is 110 cm³/mol. The molecule has 0 spiro atoms. The summed E-state index contributed by atoms with van der Waals surface area (Å²) in [5.41, 5.74) is 0.515. The van der Waals surface area contributed by atoms with Gasteiger partial charge in [0, 0.05) is 25.1 Å². The van der Waals surface area contributed by atoms with Gasteiger partial charge in [-0.25, -0.2) is 0 Å². The second-order valence-corrected chi connectivity index (χ2v) is 8.74. The highest BCUT2D eigenvalue weighted by Gasteiger charge is 2.81. The number of anilines is 1. The van der Waals surface area contributed by atoms with E-state index < -0.39 is 22.5 Å². The fraction of sp³-hybridized carbons (Fsp3) is 0.565. The molecule has 3 aliphatic heterocycles. The van der Waals surface area contributed by atoms with E-state index in [2.05, 4.69) is 22.8 Å². The lowest BCUT2D eigenvalue weighted by Crippen LogP contribution is -2.78. The number of para-hydroxylation sites is 1. The molecule has 160 valence electrons. The van der Waals surface area contributed by atoms with Crippen molar-refractivity contribution in [2.75, 3.05) is 32.2 Å². The zero-order valence-corrected chi connectivity index (χ0v) is 17.6. The number of carbonyl (C=O) groups excluding carboxylic acids is 2. The van der Waals surface area contributed by atoms with Gasteiger partial charge in [0.05, 0.1) is 25.2 Å². The number of piperidine rings is 1. The molecular formula is C23H28N2O5. The van der Waals surface area contributed by atoms with Crippen molar-refractivity contribution in [2.24, 2.45) is 11.3 Å². The first-order valence-electron chi connectivity index (χ1n) is 10.6. The van der Waals surface area contributed by atoms with Crippen molar-refractivity contribution in [2.45, 2.75) is 43.9 Å². The molecule has 3 fully saturated rings. The molecule has 0 amide bonds. The van der Waals surface area contributed by atoms with Crippen LogP contribution in [0.3, 0.4) is 0 Å². The zero-order valence-electron chi connectivity index (χ0n) is 17.6. The van der Waals surface area contributed by atoms with Crippen molar-refractivity contribution in [3.63, 3.8) is 0 Å². The SMILES string of the molecule is CC=C1CNC2CC1C(COC(C)=O)(C(=O)OC)C13CCOC21Nc1ccccc13. The van der Waals surface area contributed by atoms with Gasteiger partial charge in [-0.1, -0.05) is 29.8 Å². The Hall–Kier alpha value is -2.38. The molecule has 7 heteroatoms. The molecule has 0 radical (unpaired) electrons. The number of rotatable bonds is 3. The van der Waals surface area contributed by atoms with E-state index in [0.29, 0.717) is 26.0 Å². The molecule has 30 heavy (non-hydrogen) atoms. The maximum Gasteiger partial charge on any atom is 0.317 e. The lowest BCUT2D eigenvalue weighted by Gasteiger charge is -2.62. The number of methoxy groups -OCH3 is 1. The fourth-order valence-corrected chi connectivity index (χ4v) is 6.86. The van der Waals surface area contributed by atoms with Crippen molar-refractivity contribution in [1.29, 1.82) is 0 Å². The maximum absolute atomic E-state index is 13.8. The van der Waals surface area contributed by atoms with E-state index in [0.717, 1.165) is 16.8 Å². The Morgan fingerprint density at radius 1 is 1.33 bits per heavy atom. The molecule has 3 heterocycles.